The second kappa shape index (κ2) is 12.2. The number of fused-ring (bicyclic) bond motifs is 1. The first kappa shape index (κ1) is 31.5. The van der Waals surface area contributed by atoms with Crippen LogP contribution < -0.4 is 9.64 Å². The fraction of sp³-hybridized carbons (Fsp3) is 0.457. The highest BCUT2D eigenvalue weighted by atomic mass is 16.5. The van der Waals surface area contributed by atoms with E-state index in [2.05, 4.69) is 13.2 Å². The highest BCUT2D eigenvalue weighted by Crippen LogP contribution is 2.66. The molecule has 9 heteroatoms. The summed E-state index contributed by atoms with van der Waals surface area (Å²) in [5.74, 6) is -2.06. The van der Waals surface area contributed by atoms with Gasteiger partial charge in [-0.05, 0) is 56.0 Å². The van der Waals surface area contributed by atoms with Crippen LogP contribution in [0.1, 0.15) is 32.8 Å². The van der Waals surface area contributed by atoms with E-state index in [4.69, 9.17) is 9.47 Å². The van der Waals surface area contributed by atoms with Crippen molar-refractivity contribution in [3.63, 3.8) is 0 Å². The molecule has 3 amide bonds. The number of hydrogen-bond acceptors (Lipinski definition) is 6. The van der Waals surface area contributed by atoms with Gasteiger partial charge in [0.25, 0.3) is 5.91 Å². The molecule has 3 fully saturated rings. The number of aliphatic hydroxyl groups is 1. The van der Waals surface area contributed by atoms with Crippen LogP contribution in [-0.2, 0) is 25.7 Å². The molecule has 234 valence electrons. The Hall–Kier alpha value is -3.95. The molecule has 3 saturated heterocycles. The number of likely N-dealkylation sites (tertiary alicyclic amines) is 1. The van der Waals surface area contributed by atoms with Crippen LogP contribution in [0.4, 0.5) is 5.69 Å². The Labute approximate surface area is 259 Å². The topological polar surface area (TPSA) is 99.6 Å². The number of aliphatic hydroxyl groups excluding tert-OH is 1. The number of amides is 3. The molecule has 3 unspecified atom stereocenters. The van der Waals surface area contributed by atoms with Gasteiger partial charge in [0.1, 0.15) is 17.4 Å². The second-order valence-electron chi connectivity index (χ2n) is 12.4. The van der Waals surface area contributed by atoms with Gasteiger partial charge in [-0.2, -0.15) is 0 Å². The van der Waals surface area contributed by atoms with E-state index in [1.54, 1.807) is 60.3 Å². The van der Waals surface area contributed by atoms with Crippen LogP contribution in [0, 0.1) is 17.8 Å². The maximum Gasteiger partial charge on any atom is 0.253 e. The third-order valence-electron chi connectivity index (χ3n) is 9.83. The number of ether oxygens (including phenoxy) is 2. The molecule has 5 rings (SSSR count). The van der Waals surface area contributed by atoms with Crippen molar-refractivity contribution < 1.29 is 29.0 Å². The van der Waals surface area contributed by atoms with E-state index >= 15 is 0 Å². The molecule has 1 N–H and O–H groups in total. The van der Waals surface area contributed by atoms with Crippen molar-refractivity contribution in [1.82, 2.24) is 9.80 Å². The maximum atomic E-state index is 14.7. The largest absolute Gasteiger partial charge is 0.497 e. The lowest BCUT2D eigenvalue weighted by molar-refractivity contribution is -0.153. The van der Waals surface area contributed by atoms with Gasteiger partial charge in [-0.15, -0.1) is 13.2 Å². The molecule has 2 bridgehead atoms. The SMILES string of the molecule is C=CCN(Cc1ccccc1)C(=O)[C@H]1[C@H]2C(=O)N([C@H](C)CO)C(C(=O)N(CC=C)c3ccc(OC)cc3)C23CC(C)[C@]1(C)O3. The molecule has 0 aromatic heterocycles. The van der Waals surface area contributed by atoms with Gasteiger partial charge >= 0.3 is 0 Å². The van der Waals surface area contributed by atoms with Crippen molar-refractivity contribution in [2.75, 3.05) is 31.7 Å². The zero-order valence-electron chi connectivity index (χ0n) is 26.0. The van der Waals surface area contributed by atoms with Crippen LogP contribution in [0.3, 0.4) is 0 Å². The highest BCUT2D eigenvalue weighted by Gasteiger charge is 2.80. The standard InChI is InChI=1S/C35H43N3O6/c1-7-18-36(21-25-12-10-9-11-13-25)31(40)28-29-32(41)38(24(4)22-39)30(35(29)20-23(3)34(28,5)44-35)33(42)37(19-8-2)26-14-16-27(43-6)17-15-26/h7-17,23-24,28-30,39H,1-2,18-22H2,3-6H3/t23?,24-,28-,29+,30?,34+,35?/m1/s1. The minimum absolute atomic E-state index is 0.115. The Morgan fingerprint density at radius 3 is 2.36 bits per heavy atom. The Bertz CT molecular complexity index is 1410. The summed E-state index contributed by atoms with van der Waals surface area (Å²) < 4.78 is 12.2. The Morgan fingerprint density at radius 1 is 1.11 bits per heavy atom. The zero-order valence-corrected chi connectivity index (χ0v) is 26.0. The Kier molecular flexibility index (Phi) is 8.73. The fourth-order valence-corrected chi connectivity index (χ4v) is 7.64. The van der Waals surface area contributed by atoms with Gasteiger partial charge in [0.05, 0.1) is 37.2 Å². The number of rotatable bonds is 12. The van der Waals surface area contributed by atoms with E-state index < -0.39 is 35.1 Å². The van der Waals surface area contributed by atoms with Crippen molar-refractivity contribution in [3.05, 3.63) is 85.5 Å². The van der Waals surface area contributed by atoms with Crippen molar-refractivity contribution in [3.8, 4) is 5.75 Å². The summed E-state index contributed by atoms with van der Waals surface area (Å²) in [5, 5.41) is 10.3. The van der Waals surface area contributed by atoms with E-state index in [1.807, 2.05) is 44.2 Å². The summed E-state index contributed by atoms with van der Waals surface area (Å²) in [6.45, 7) is 13.9. The van der Waals surface area contributed by atoms with Crippen LogP contribution in [0.25, 0.3) is 0 Å². The lowest BCUT2D eigenvalue weighted by Gasteiger charge is -2.39. The van der Waals surface area contributed by atoms with E-state index in [9.17, 15) is 19.5 Å². The molecule has 0 saturated carbocycles. The number of anilines is 1. The van der Waals surface area contributed by atoms with E-state index in [0.717, 1.165) is 5.56 Å². The number of benzene rings is 2. The molecule has 2 aromatic rings. The smallest absolute Gasteiger partial charge is 0.253 e. The lowest BCUT2D eigenvalue weighted by Crippen LogP contribution is -2.58. The van der Waals surface area contributed by atoms with Crippen molar-refractivity contribution in [1.29, 1.82) is 0 Å². The van der Waals surface area contributed by atoms with Gasteiger partial charge in [0, 0.05) is 25.3 Å². The lowest BCUT2D eigenvalue weighted by atomic mass is 9.62. The predicted octanol–water partition coefficient (Wildman–Crippen LogP) is 3.82. The number of nitrogens with zero attached hydrogens (tertiary/aromatic N) is 3. The monoisotopic (exact) mass is 601 g/mol. The number of carbonyl (C=O) groups excluding carboxylic acids is 3. The van der Waals surface area contributed by atoms with Crippen LogP contribution in [0.2, 0.25) is 0 Å². The predicted molar refractivity (Wildman–Crippen MR) is 168 cm³/mol. The number of carbonyl (C=O) groups is 3. The zero-order chi connectivity index (χ0) is 31.8. The first-order chi connectivity index (χ1) is 21.1. The summed E-state index contributed by atoms with van der Waals surface area (Å²) >= 11 is 0. The summed E-state index contributed by atoms with van der Waals surface area (Å²) in [6, 6.07) is 15.1. The first-order valence-electron chi connectivity index (χ1n) is 15.2. The summed E-state index contributed by atoms with van der Waals surface area (Å²) in [7, 11) is 1.57. The third-order valence-corrected chi connectivity index (χ3v) is 9.83. The Morgan fingerprint density at radius 2 is 1.77 bits per heavy atom. The molecular weight excluding hydrogens is 558 g/mol. The molecule has 7 atom stereocenters. The molecule has 3 aliphatic rings. The molecule has 0 aliphatic carbocycles. The molecule has 3 heterocycles. The normalized spacial score (nSPS) is 29.2. The quantitative estimate of drug-likeness (QED) is 0.372. The summed E-state index contributed by atoms with van der Waals surface area (Å²) in [5.41, 5.74) is -0.645. The van der Waals surface area contributed by atoms with Gasteiger partial charge in [-0.25, -0.2) is 0 Å². The average Bonchev–Trinajstić information content (AvgIpc) is 3.55. The summed E-state index contributed by atoms with van der Waals surface area (Å²) in [6.07, 6.45) is 3.74. The third kappa shape index (κ3) is 4.92. The van der Waals surface area contributed by atoms with Crippen LogP contribution in [0.5, 0.6) is 5.75 Å². The van der Waals surface area contributed by atoms with Gasteiger partial charge in [0.2, 0.25) is 11.8 Å². The maximum absolute atomic E-state index is 14.7. The first-order valence-corrected chi connectivity index (χ1v) is 15.2. The van der Waals surface area contributed by atoms with Crippen LogP contribution >= 0.6 is 0 Å². The number of hydrogen-bond donors (Lipinski definition) is 1. The van der Waals surface area contributed by atoms with Crippen molar-refractivity contribution in [2.45, 2.75) is 57.0 Å². The molecule has 0 radical (unpaired) electrons. The molecular formula is C35H43N3O6. The van der Waals surface area contributed by atoms with Crippen LogP contribution in [0.15, 0.2) is 79.9 Å². The van der Waals surface area contributed by atoms with Crippen molar-refractivity contribution in [2.24, 2.45) is 17.8 Å². The fourth-order valence-electron chi connectivity index (χ4n) is 7.64. The average molecular weight is 602 g/mol. The van der Waals surface area contributed by atoms with Crippen LogP contribution in [-0.4, -0.2) is 82.7 Å². The van der Waals surface area contributed by atoms with E-state index in [1.165, 1.54) is 4.90 Å². The minimum Gasteiger partial charge on any atom is -0.497 e. The molecule has 3 aliphatic heterocycles. The molecule has 2 aromatic carbocycles. The second-order valence-corrected chi connectivity index (χ2v) is 12.4. The van der Waals surface area contributed by atoms with E-state index in [0.29, 0.717) is 30.9 Å². The van der Waals surface area contributed by atoms with Gasteiger partial charge in [-0.1, -0.05) is 49.4 Å². The number of methoxy groups -OCH3 is 1. The van der Waals surface area contributed by atoms with Gasteiger partial charge in [0.15, 0.2) is 0 Å². The Balaban J connectivity index is 1.59. The van der Waals surface area contributed by atoms with E-state index in [-0.39, 0.29) is 36.8 Å². The molecule has 9 nitrogen and oxygen atoms in total. The summed E-state index contributed by atoms with van der Waals surface area (Å²) in [4.78, 5) is 48.6. The van der Waals surface area contributed by atoms with Gasteiger partial charge in [-0.3, -0.25) is 14.4 Å². The highest BCUT2D eigenvalue weighted by molar-refractivity contribution is 6.05. The molecule has 1 spiro atoms. The minimum atomic E-state index is -1.25. The van der Waals surface area contributed by atoms with Gasteiger partial charge < -0.3 is 29.3 Å². The molecule has 44 heavy (non-hydrogen) atoms. The van der Waals surface area contributed by atoms with Crippen molar-refractivity contribution >= 4 is 23.4 Å².